The quantitative estimate of drug-likeness (QED) is 0.798. The van der Waals surface area contributed by atoms with E-state index in [4.69, 9.17) is 9.47 Å². The number of carbonyl (C=O) groups is 1. The summed E-state index contributed by atoms with van der Waals surface area (Å²) in [5.74, 6) is 0.884. The highest BCUT2D eigenvalue weighted by Crippen LogP contribution is 2.28. The van der Waals surface area contributed by atoms with Crippen LogP contribution in [0.5, 0.6) is 11.5 Å². The molecular weight excluding hydrogens is 280 g/mol. The minimum Gasteiger partial charge on any atom is -0.493 e. The van der Waals surface area contributed by atoms with Crippen LogP contribution in [0, 0.1) is 0 Å². The summed E-state index contributed by atoms with van der Waals surface area (Å²) in [6, 6.07) is 10.6. The zero-order valence-electron chi connectivity index (χ0n) is 12.4. The molecule has 0 atom stereocenters. The van der Waals surface area contributed by atoms with Gasteiger partial charge >= 0.3 is 0 Å². The van der Waals surface area contributed by atoms with Gasteiger partial charge in [0.15, 0.2) is 11.5 Å². The minimum absolute atomic E-state index is 0.195. The van der Waals surface area contributed by atoms with Crippen molar-refractivity contribution in [1.82, 2.24) is 10.3 Å². The molecular formula is C17H18N2O3. The summed E-state index contributed by atoms with van der Waals surface area (Å²) in [7, 11) is 1.53. The molecule has 1 heterocycles. The number of pyridine rings is 1. The molecule has 5 heteroatoms. The molecule has 0 aliphatic carbocycles. The molecule has 0 spiro atoms. The third kappa shape index (κ3) is 4.09. The summed E-state index contributed by atoms with van der Waals surface area (Å²) >= 11 is 0. The lowest BCUT2D eigenvalue weighted by molar-refractivity contribution is 0.0950. The molecule has 1 N–H and O–H groups in total. The van der Waals surface area contributed by atoms with Gasteiger partial charge in [0.25, 0.3) is 5.91 Å². The van der Waals surface area contributed by atoms with E-state index in [2.05, 4.69) is 16.9 Å². The predicted molar refractivity (Wildman–Crippen MR) is 84.1 cm³/mol. The topological polar surface area (TPSA) is 60.5 Å². The number of hydrogen-bond donors (Lipinski definition) is 1. The number of aromatic nitrogens is 1. The molecule has 0 aliphatic rings. The van der Waals surface area contributed by atoms with Crippen LogP contribution in [0.15, 0.2) is 55.3 Å². The lowest BCUT2D eigenvalue weighted by atomic mass is 10.2. The van der Waals surface area contributed by atoms with Crippen LogP contribution in [0.25, 0.3) is 0 Å². The molecule has 2 aromatic rings. The first-order valence-corrected chi connectivity index (χ1v) is 6.84. The van der Waals surface area contributed by atoms with E-state index >= 15 is 0 Å². The minimum atomic E-state index is -0.195. The molecule has 0 saturated heterocycles. The van der Waals surface area contributed by atoms with Gasteiger partial charge in [0.1, 0.15) is 6.61 Å². The van der Waals surface area contributed by atoms with E-state index < -0.39 is 0 Å². The van der Waals surface area contributed by atoms with Crippen molar-refractivity contribution in [2.45, 2.75) is 6.54 Å². The van der Waals surface area contributed by atoms with Crippen molar-refractivity contribution < 1.29 is 14.3 Å². The Hall–Kier alpha value is -2.82. The number of benzene rings is 1. The van der Waals surface area contributed by atoms with E-state index in [1.807, 2.05) is 18.2 Å². The molecule has 1 amide bonds. The molecule has 1 aromatic heterocycles. The maximum absolute atomic E-state index is 12.2. The first-order valence-electron chi connectivity index (χ1n) is 6.84. The smallest absolute Gasteiger partial charge is 0.251 e. The number of ether oxygens (including phenoxy) is 2. The molecule has 0 radical (unpaired) electrons. The van der Waals surface area contributed by atoms with Crippen LogP contribution in [-0.2, 0) is 6.54 Å². The molecule has 0 saturated carbocycles. The van der Waals surface area contributed by atoms with Crippen LogP contribution in [-0.4, -0.2) is 24.6 Å². The Labute approximate surface area is 129 Å². The molecule has 0 unspecified atom stereocenters. The number of amides is 1. The molecule has 0 aliphatic heterocycles. The van der Waals surface area contributed by atoms with Crippen LogP contribution in [0.3, 0.4) is 0 Å². The lowest BCUT2D eigenvalue weighted by Crippen LogP contribution is -2.23. The van der Waals surface area contributed by atoms with Crippen molar-refractivity contribution in [3.8, 4) is 11.5 Å². The Morgan fingerprint density at radius 1 is 1.32 bits per heavy atom. The number of nitrogens with one attached hydrogen (secondary N) is 1. The van der Waals surface area contributed by atoms with Crippen molar-refractivity contribution in [3.05, 3.63) is 66.5 Å². The molecule has 1 aromatic carbocycles. The number of carbonyl (C=O) groups excluding carboxylic acids is 1. The van der Waals surface area contributed by atoms with Crippen molar-refractivity contribution in [3.63, 3.8) is 0 Å². The second-order valence-corrected chi connectivity index (χ2v) is 4.47. The van der Waals surface area contributed by atoms with Gasteiger partial charge in [0, 0.05) is 11.8 Å². The fourth-order valence-electron chi connectivity index (χ4n) is 1.85. The summed E-state index contributed by atoms with van der Waals surface area (Å²) in [4.78, 5) is 16.3. The van der Waals surface area contributed by atoms with E-state index in [1.54, 1.807) is 30.5 Å². The average Bonchev–Trinajstić information content (AvgIpc) is 2.58. The van der Waals surface area contributed by atoms with Gasteiger partial charge in [0.2, 0.25) is 0 Å². The lowest BCUT2D eigenvalue weighted by Gasteiger charge is -2.11. The number of rotatable bonds is 7. The zero-order valence-corrected chi connectivity index (χ0v) is 12.4. The second-order valence-electron chi connectivity index (χ2n) is 4.47. The highest BCUT2D eigenvalue weighted by Gasteiger charge is 2.11. The van der Waals surface area contributed by atoms with Gasteiger partial charge in [-0.25, -0.2) is 0 Å². The maximum Gasteiger partial charge on any atom is 0.251 e. The van der Waals surface area contributed by atoms with Gasteiger partial charge < -0.3 is 14.8 Å². The standard InChI is InChI=1S/C17H18N2O3/c1-3-10-22-15-8-7-13(11-16(15)21-2)17(20)19-12-14-6-4-5-9-18-14/h3-9,11H,1,10,12H2,2H3,(H,19,20). The van der Waals surface area contributed by atoms with Crippen molar-refractivity contribution >= 4 is 5.91 Å². The van der Waals surface area contributed by atoms with Crippen LogP contribution in [0.1, 0.15) is 16.1 Å². The van der Waals surface area contributed by atoms with Crippen molar-refractivity contribution in [2.24, 2.45) is 0 Å². The number of hydrogen-bond acceptors (Lipinski definition) is 4. The summed E-state index contributed by atoms with van der Waals surface area (Å²) in [5, 5.41) is 2.82. The van der Waals surface area contributed by atoms with Gasteiger partial charge in [-0.05, 0) is 30.3 Å². The van der Waals surface area contributed by atoms with Crippen LogP contribution >= 0.6 is 0 Å². The molecule has 0 fully saturated rings. The van der Waals surface area contributed by atoms with E-state index in [1.165, 1.54) is 7.11 Å². The Balaban J connectivity index is 2.04. The third-order valence-electron chi connectivity index (χ3n) is 2.94. The Kier molecular flexibility index (Phi) is 5.54. The number of methoxy groups -OCH3 is 1. The van der Waals surface area contributed by atoms with Crippen LogP contribution in [0.2, 0.25) is 0 Å². The second kappa shape index (κ2) is 7.83. The maximum atomic E-state index is 12.2. The monoisotopic (exact) mass is 298 g/mol. The van der Waals surface area contributed by atoms with Crippen LogP contribution < -0.4 is 14.8 Å². The average molecular weight is 298 g/mol. The van der Waals surface area contributed by atoms with Gasteiger partial charge in [-0.1, -0.05) is 18.7 Å². The Morgan fingerprint density at radius 2 is 2.18 bits per heavy atom. The van der Waals surface area contributed by atoms with Gasteiger partial charge in [0.05, 0.1) is 19.3 Å². The SMILES string of the molecule is C=CCOc1ccc(C(=O)NCc2ccccn2)cc1OC. The molecule has 2 rings (SSSR count). The van der Waals surface area contributed by atoms with E-state index in [9.17, 15) is 4.79 Å². The fourth-order valence-corrected chi connectivity index (χ4v) is 1.85. The van der Waals surface area contributed by atoms with Crippen LogP contribution in [0.4, 0.5) is 0 Å². The number of nitrogens with zero attached hydrogens (tertiary/aromatic N) is 1. The molecule has 5 nitrogen and oxygen atoms in total. The summed E-state index contributed by atoms with van der Waals surface area (Å²) < 4.78 is 10.7. The van der Waals surface area contributed by atoms with Gasteiger partial charge in [-0.15, -0.1) is 0 Å². The Morgan fingerprint density at radius 3 is 2.86 bits per heavy atom. The van der Waals surface area contributed by atoms with Crippen molar-refractivity contribution in [1.29, 1.82) is 0 Å². The third-order valence-corrected chi connectivity index (χ3v) is 2.94. The van der Waals surface area contributed by atoms with Gasteiger partial charge in [-0.3, -0.25) is 9.78 Å². The first kappa shape index (κ1) is 15.6. The summed E-state index contributed by atoms with van der Waals surface area (Å²) in [5.41, 5.74) is 1.30. The molecule has 114 valence electrons. The van der Waals surface area contributed by atoms with Crippen molar-refractivity contribution in [2.75, 3.05) is 13.7 Å². The summed E-state index contributed by atoms with van der Waals surface area (Å²) in [6.07, 6.45) is 3.34. The van der Waals surface area contributed by atoms with Gasteiger partial charge in [-0.2, -0.15) is 0 Å². The predicted octanol–water partition coefficient (Wildman–Crippen LogP) is 2.59. The fraction of sp³-hybridized carbons (Fsp3) is 0.176. The first-order chi connectivity index (χ1) is 10.7. The van der Waals surface area contributed by atoms with E-state index in [0.717, 1.165) is 5.69 Å². The van der Waals surface area contributed by atoms with E-state index in [0.29, 0.717) is 30.2 Å². The highest BCUT2D eigenvalue weighted by molar-refractivity contribution is 5.94. The molecule has 22 heavy (non-hydrogen) atoms. The summed E-state index contributed by atoms with van der Waals surface area (Å²) in [6.45, 7) is 4.34. The normalized spacial score (nSPS) is 9.86. The Bertz CT molecular complexity index is 642. The van der Waals surface area contributed by atoms with E-state index in [-0.39, 0.29) is 5.91 Å². The highest BCUT2D eigenvalue weighted by atomic mass is 16.5. The molecule has 0 bridgehead atoms. The largest absolute Gasteiger partial charge is 0.493 e. The zero-order chi connectivity index (χ0) is 15.8.